The number of benzene rings is 1. The first-order chi connectivity index (χ1) is 14.6. The lowest BCUT2D eigenvalue weighted by Gasteiger charge is -2.16. The Morgan fingerprint density at radius 2 is 2.00 bits per heavy atom. The predicted octanol–water partition coefficient (Wildman–Crippen LogP) is 3.30. The lowest BCUT2D eigenvalue weighted by Crippen LogP contribution is -2.18. The van der Waals surface area contributed by atoms with Crippen LogP contribution in [0.4, 0.5) is 5.82 Å². The molecule has 152 valence electrons. The third-order valence-electron chi connectivity index (χ3n) is 5.03. The molecule has 0 spiro atoms. The van der Waals surface area contributed by atoms with Crippen LogP contribution in [0.1, 0.15) is 34.5 Å². The predicted molar refractivity (Wildman–Crippen MR) is 116 cm³/mol. The molecule has 0 fully saturated rings. The van der Waals surface area contributed by atoms with E-state index in [1.165, 1.54) is 6.33 Å². The van der Waals surface area contributed by atoms with Gasteiger partial charge >= 0.3 is 0 Å². The van der Waals surface area contributed by atoms with E-state index in [1.807, 2.05) is 37.3 Å². The van der Waals surface area contributed by atoms with E-state index in [0.29, 0.717) is 12.1 Å². The first-order valence-electron chi connectivity index (χ1n) is 9.75. The van der Waals surface area contributed by atoms with Crippen molar-refractivity contribution in [2.75, 3.05) is 18.9 Å². The van der Waals surface area contributed by atoms with E-state index in [4.69, 9.17) is 0 Å². The molecule has 30 heavy (non-hydrogen) atoms. The van der Waals surface area contributed by atoms with Crippen molar-refractivity contribution < 1.29 is 4.79 Å². The van der Waals surface area contributed by atoms with E-state index >= 15 is 0 Å². The average Bonchev–Trinajstić information content (AvgIpc) is 3.22. The summed E-state index contributed by atoms with van der Waals surface area (Å²) >= 11 is 0. The highest BCUT2D eigenvalue weighted by Crippen LogP contribution is 2.27. The first kappa shape index (κ1) is 19.5. The number of anilines is 1. The Bertz CT molecular complexity index is 1200. The summed E-state index contributed by atoms with van der Waals surface area (Å²) in [6.45, 7) is 4.72. The minimum absolute atomic E-state index is 0.118. The number of nitrogens with zero attached hydrogens (tertiary/aromatic N) is 4. The van der Waals surface area contributed by atoms with Crippen LogP contribution in [0, 0.1) is 6.92 Å². The lowest BCUT2D eigenvalue weighted by atomic mass is 9.96. The van der Waals surface area contributed by atoms with Crippen molar-refractivity contribution in [3.8, 4) is 11.4 Å². The number of carbonyl (C=O) groups excluding carboxylic acids is 1. The highest BCUT2D eigenvalue weighted by atomic mass is 16.1. The highest BCUT2D eigenvalue weighted by molar-refractivity contribution is 6.06. The maximum atomic E-state index is 12.2. The average molecular weight is 401 g/mol. The molecular formula is C22H23N7O. The van der Waals surface area contributed by atoms with Gasteiger partial charge in [-0.05, 0) is 24.6 Å². The molecule has 3 heterocycles. The summed E-state index contributed by atoms with van der Waals surface area (Å²) in [5.41, 5.74) is 5.05. The van der Waals surface area contributed by atoms with Gasteiger partial charge in [0.05, 0.1) is 16.8 Å². The summed E-state index contributed by atoms with van der Waals surface area (Å²) in [7, 11) is 1.63. The van der Waals surface area contributed by atoms with Crippen molar-refractivity contribution in [2.24, 2.45) is 0 Å². The molecule has 4 rings (SSSR count). The smallest absolute Gasteiger partial charge is 0.251 e. The van der Waals surface area contributed by atoms with Crippen molar-refractivity contribution in [1.82, 2.24) is 30.5 Å². The van der Waals surface area contributed by atoms with Crippen LogP contribution in [-0.4, -0.2) is 44.6 Å². The number of hydrogen-bond acceptors (Lipinski definition) is 6. The maximum absolute atomic E-state index is 12.2. The van der Waals surface area contributed by atoms with Crippen LogP contribution in [0.5, 0.6) is 0 Å². The molecule has 3 N–H and O–H groups in total. The van der Waals surface area contributed by atoms with Crippen LogP contribution in [0.3, 0.4) is 0 Å². The molecule has 8 heteroatoms. The van der Waals surface area contributed by atoms with E-state index < -0.39 is 0 Å². The number of hydrogen-bond donors (Lipinski definition) is 3. The topological polar surface area (TPSA) is 108 Å². The largest absolute Gasteiger partial charge is 0.369 e. The number of fused-ring (bicyclic) bond motifs is 1. The minimum atomic E-state index is -0.118. The van der Waals surface area contributed by atoms with Gasteiger partial charge in [-0.15, -0.1) is 0 Å². The van der Waals surface area contributed by atoms with Crippen molar-refractivity contribution in [1.29, 1.82) is 0 Å². The Kier molecular flexibility index (Phi) is 5.38. The van der Waals surface area contributed by atoms with Crippen molar-refractivity contribution >= 4 is 22.6 Å². The van der Waals surface area contributed by atoms with Gasteiger partial charge in [0.15, 0.2) is 0 Å². The summed E-state index contributed by atoms with van der Waals surface area (Å²) in [6.07, 6.45) is 3.21. The van der Waals surface area contributed by atoms with Crippen molar-refractivity contribution in [2.45, 2.75) is 19.8 Å². The normalized spacial score (nSPS) is 12.0. The minimum Gasteiger partial charge on any atom is -0.369 e. The summed E-state index contributed by atoms with van der Waals surface area (Å²) in [5, 5.41) is 14.1. The summed E-state index contributed by atoms with van der Waals surface area (Å²) in [5.74, 6) is 0.756. The second-order valence-electron chi connectivity index (χ2n) is 7.19. The van der Waals surface area contributed by atoms with Crippen molar-refractivity contribution in [3.63, 3.8) is 0 Å². The number of amides is 1. The van der Waals surface area contributed by atoms with Crippen LogP contribution < -0.4 is 10.6 Å². The van der Waals surface area contributed by atoms with Gasteiger partial charge in [-0.1, -0.05) is 25.1 Å². The SMILES string of the molecule is CNC(=O)c1ccnc2c([C@H](C)CNc3cc(-c4cc(C)[nH]n4)ncn3)cccc12. The molecule has 0 saturated carbocycles. The molecule has 1 atom stereocenters. The molecule has 0 saturated heterocycles. The fraction of sp³-hybridized carbons (Fsp3) is 0.227. The van der Waals surface area contributed by atoms with Gasteiger partial charge in [0, 0.05) is 42.9 Å². The van der Waals surface area contributed by atoms with E-state index in [-0.39, 0.29) is 11.8 Å². The van der Waals surface area contributed by atoms with Crippen LogP contribution in [0.2, 0.25) is 0 Å². The molecule has 0 aliphatic rings. The van der Waals surface area contributed by atoms with Gasteiger partial charge < -0.3 is 10.6 Å². The van der Waals surface area contributed by atoms with Crippen LogP contribution in [0.15, 0.2) is 48.9 Å². The van der Waals surface area contributed by atoms with Crippen molar-refractivity contribution in [3.05, 3.63) is 65.7 Å². The van der Waals surface area contributed by atoms with Gasteiger partial charge in [0.1, 0.15) is 17.8 Å². The summed E-state index contributed by atoms with van der Waals surface area (Å²) in [4.78, 5) is 25.4. The number of H-pyrrole nitrogens is 1. The second kappa shape index (κ2) is 8.28. The highest BCUT2D eigenvalue weighted by Gasteiger charge is 2.15. The quantitative estimate of drug-likeness (QED) is 0.457. The Hall–Kier alpha value is -3.81. The van der Waals surface area contributed by atoms with Crippen LogP contribution >= 0.6 is 0 Å². The fourth-order valence-electron chi connectivity index (χ4n) is 3.44. The molecule has 8 nitrogen and oxygen atoms in total. The summed E-state index contributed by atoms with van der Waals surface area (Å²) < 4.78 is 0. The Balaban J connectivity index is 1.56. The molecule has 4 aromatic rings. The number of aromatic nitrogens is 5. The zero-order valence-corrected chi connectivity index (χ0v) is 17.1. The van der Waals surface area contributed by atoms with Crippen LogP contribution in [-0.2, 0) is 0 Å². The zero-order valence-electron chi connectivity index (χ0n) is 17.1. The first-order valence-corrected chi connectivity index (χ1v) is 9.75. The third-order valence-corrected chi connectivity index (χ3v) is 5.03. The number of nitrogens with one attached hydrogen (secondary N) is 3. The molecule has 1 amide bonds. The fourth-order valence-corrected chi connectivity index (χ4v) is 3.44. The molecule has 0 aliphatic carbocycles. The van der Waals surface area contributed by atoms with Gasteiger partial charge in [0.2, 0.25) is 0 Å². The maximum Gasteiger partial charge on any atom is 0.251 e. The van der Waals surface area contributed by atoms with E-state index in [9.17, 15) is 4.79 Å². The van der Waals surface area contributed by atoms with Gasteiger partial charge in [-0.25, -0.2) is 9.97 Å². The molecule has 1 aromatic carbocycles. The standard InChI is InChI=1S/C22H23N7O/c1-13(11-25-20-10-18(26-12-27-20)19-9-14(2)28-29-19)15-5-4-6-16-17(22(30)23-3)7-8-24-21(15)16/h4-10,12-13H,11H2,1-3H3,(H,23,30)(H,28,29)(H,25,26,27)/t13-/m1/s1. The van der Waals surface area contributed by atoms with Crippen LogP contribution in [0.25, 0.3) is 22.3 Å². The second-order valence-corrected chi connectivity index (χ2v) is 7.19. The number of pyridine rings is 1. The molecular weight excluding hydrogens is 378 g/mol. The Morgan fingerprint density at radius 3 is 2.77 bits per heavy atom. The van der Waals surface area contributed by atoms with Gasteiger partial charge in [-0.3, -0.25) is 14.9 Å². The zero-order chi connectivity index (χ0) is 21.1. The van der Waals surface area contributed by atoms with Gasteiger partial charge in [0.25, 0.3) is 5.91 Å². The Morgan fingerprint density at radius 1 is 1.13 bits per heavy atom. The lowest BCUT2D eigenvalue weighted by molar-refractivity contribution is 0.0964. The monoisotopic (exact) mass is 401 g/mol. The molecule has 0 aliphatic heterocycles. The summed E-state index contributed by atoms with van der Waals surface area (Å²) in [6, 6.07) is 11.5. The molecule has 0 radical (unpaired) electrons. The molecule has 0 bridgehead atoms. The Labute approximate surface area is 174 Å². The van der Waals surface area contributed by atoms with E-state index in [2.05, 4.69) is 42.7 Å². The van der Waals surface area contributed by atoms with E-state index in [0.717, 1.165) is 39.4 Å². The number of para-hydroxylation sites is 1. The van der Waals surface area contributed by atoms with Gasteiger partial charge in [-0.2, -0.15) is 5.10 Å². The number of rotatable bonds is 6. The third kappa shape index (κ3) is 3.84. The number of aryl methyl sites for hydroxylation is 1. The molecule has 3 aromatic heterocycles. The molecule has 0 unspecified atom stereocenters. The number of carbonyl (C=O) groups is 1. The number of aromatic amines is 1. The van der Waals surface area contributed by atoms with E-state index in [1.54, 1.807) is 19.3 Å².